The van der Waals surface area contributed by atoms with Gasteiger partial charge in [0.2, 0.25) is 11.8 Å². The van der Waals surface area contributed by atoms with Gasteiger partial charge >= 0.3 is 0 Å². The van der Waals surface area contributed by atoms with Crippen molar-refractivity contribution in [1.29, 1.82) is 0 Å². The Labute approximate surface area is 161 Å². The second-order valence-electron chi connectivity index (χ2n) is 8.06. The van der Waals surface area contributed by atoms with Gasteiger partial charge in [-0.05, 0) is 32.1 Å². The second kappa shape index (κ2) is 9.33. The molecule has 7 nitrogen and oxygen atoms in total. The van der Waals surface area contributed by atoms with Crippen LogP contribution in [0.3, 0.4) is 0 Å². The van der Waals surface area contributed by atoms with Crippen LogP contribution in [0, 0.1) is 0 Å². The number of nitrogens with zero attached hydrogens (tertiary/aromatic N) is 4. The third kappa shape index (κ3) is 5.08. The highest BCUT2D eigenvalue weighted by Crippen LogP contribution is 2.32. The van der Waals surface area contributed by atoms with Gasteiger partial charge < -0.3 is 10.2 Å². The maximum absolute atomic E-state index is 12.8. The molecule has 1 N–H and O–H groups in total. The third-order valence-corrected chi connectivity index (χ3v) is 5.95. The highest BCUT2D eigenvalue weighted by Gasteiger charge is 2.29. The first-order valence-corrected chi connectivity index (χ1v) is 10.6. The van der Waals surface area contributed by atoms with Crippen LogP contribution in [0.25, 0.3) is 0 Å². The second-order valence-corrected chi connectivity index (χ2v) is 8.06. The number of nitrogens with one attached hydrogen (secondary N) is 1. The Morgan fingerprint density at radius 3 is 2.52 bits per heavy atom. The minimum absolute atomic E-state index is 0.0481. The zero-order valence-electron chi connectivity index (χ0n) is 16.7. The summed E-state index contributed by atoms with van der Waals surface area (Å²) in [5, 5.41) is 11.6. The van der Waals surface area contributed by atoms with E-state index in [-0.39, 0.29) is 11.8 Å². The number of amides is 2. The summed E-state index contributed by atoms with van der Waals surface area (Å²) in [6.45, 7) is 4.92. The van der Waals surface area contributed by atoms with Crippen LogP contribution in [-0.2, 0) is 9.59 Å². The van der Waals surface area contributed by atoms with Crippen LogP contribution < -0.4 is 5.32 Å². The average Bonchev–Trinajstić information content (AvgIpc) is 3.18. The molecule has 0 bridgehead atoms. The molecule has 1 aromatic heterocycles. The van der Waals surface area contributed by atoms with E-state index in [1.807, 2.05) is 16.5 Å². The number of hydrogen-bond donors (Lipinski definition) is 1. The molecule has 1 saturated carbocycles. The zero-order chi connectivity index (χ0) is 19.2. The Hall–Kier alpha value is -1.92. The number of likely N-dealkylation sites (tertiary alicyclic amines) is 1. The van der Waals surface area contributed by atoms with Gasteiger partial charge in [-0.1, -0.05) is 37.8 Å². The number of carbonyl (C=O) groups is 2. The maximum Gasteiger partial charge on any atom is 0.245 e. The fraction of sp³-hybridized carbons (Fsp3) is 0.800. The number of carbonyl (C=O) groups excluding carboxylic acids is 2. The van der Waals surface area contributed by atoms with Crippen molar-refractivity contribution in [3.8, 4) is 0 Å². The molecule has 0 aromatic carbocycles. The molecule has 1 aliphatic carbocycles. The van der Waals surface area contributed by atoms with Gasteiger partial charge in [-0.15, -0.1) is 5.10 Å². The van der Waals surface area contributed by atoms with Crippen LogP contribution in [-0.4, -0.2) is 50.8 Å². The summed E-state index contributed by atoms with van der Waals surface area (Å²) >= 11 is 0. The van der Waals surface area contributed by atoms with E-state index in [1.54, 1.807) is 0 Å². The quantitative estimate of drug-likeness (QED) is 0.829. The van der Waals surface area contributed by atoms with E-state index in [2.05, 4.69) is 21.8 Å². The summed E-state index contributed by atoms with van der Waals surface area (Å²) in [6.07, 6.45) is 11.9. The molecule has 0 unspecified atom stereocenters. The molecule has 3 rings (SSSR count). The monoisotopic (exact) mass is 375 g/mol. The lowest BCUT2D eigenvalue weighted by Gasteiger charge is -2.34. The van der Waals surface area contributed by atoms with Gasteiger partial charge in [0, 0.05) is 32.1 Å². The number of rotatable bonds is 6. The van der Waals surface area contributed by atoms with Crippen molar-refractivity contribution >= 4 is 11.8 Å². The number of aromatic nitrogens is 3. The molecule has 2 fully saturated rings. The minimum atomic E-state index is -0.395. The van der Waals surface area contributed by atoms with E-state index in [4.69, 9.17) is 0 Å². The van der Waals surface area contributed by atoms with E-state index in [1.165, 1.54) is 39.0 Å². The van der Waals surface area contributed by atoms with Crippen LogP contribution in [0.15, 0.2) is 6.20 Å². The molecule has 0 radical (unpaired) electrons. The molecule has 2 amide bonds. The van der Waals surface area contributed by atoms with E-state index in [0.717, 1.165) is 25.0 Å². The van der Waals surface area contributed by atoms with E-state index in [0.29, 0.717) is 31.5 Å². The van der Waals surface area contributed by atoms with Crippen molar-refractivity contribution in [2.45, 2.75) is 89.6 Å². The lowest BCUT2D eigenvalue weighted by atomic mass is 9.87. The van der Waals surface area contributed by atoms with Crippen molar-refractivity contribution < 1.29 is 9.59 Å². The lowest BCUT2D eigenvalue weighted by Crippen LogP contribution is -2.50. The predicted octanol–water partition coefficient (Wildman–Crippen LogP) is 2.79. The highest BCUT2D eigenvalue weighted by molar-refractivity contribution is 5.86. The van der Waals surface area contributed by atoms with Gasteiger partial charge in [0.25, 0.3) is 0 Å². The van der Waals surface area contributed by atoms with Crippen LogP contribution in [0.5, 0.6) is 0 Å². The molecule has 1 aliphatic heterocycles. The Bertz CT molecular complexity index is 630. The predicted molar refractivity (Wildman–Crippen MR) is 103 cm³/mol. The van der Waals surface area contributed by atoms with Crippen LogP contribution in [0.2, 0.25) is 0 Å². The van der Waals surface area contributed by atoms with Gasteiger partial charge in [-0.25, -0.2) is 4.68 Å². The largest absolute Gasteiger partial charge is 0.345 e. The van der Waals surface area contributed by atoms with Gasteiger partial charge in [0.15, 0.2) is 0 Å². The van der Waals surface area contributed by atoms with Gasteiger partial charge in [-0.3, -0.25) is 9.59 Å². The fourth-order valence-corrected chi connectivity index (χ4v) is 4.42. The molecular weight excluding hydrogens is 342 g/mol. The van der Waals surface area contributed by atoms with E-state index < -0.39 is 6.04 Å². The highest BCUT2D eigenvalue weighted by atomic mass is 16.2. The Morgan fingerprint density at radius 2 is 1.89 bits per heavy atom. The number of hydrogen-bond acceptors (Lipinski definition) is 4. The van der Waals surface area contributed by atoms with Gasteiger partial charge in [-0.2, -0.15) is 0 Å². The van der Waals surface area contributed by atoms with Gasteiger partial charge in [0.1, 0.15) is 6.04 Å². The first kappa shape index (κ1) is 19.8. The molecule has 1 saturated heterocycles. The topological polar surface area (TPSA) is 80.1 Å². The third-order valence-electron chi connectivity index (χ3n) is 5.95. The standard InChI is InChI=1S/C20H33N5O2/c1-3-7-18(21-15(2)26)20(27)24-12-10-17(11-13-24)25-14-19(22-23-25)16-8-5-4-6-9-16/h14,16-18H,3-13H2,1-2H3,(H,21,26)/t18-/m1/s1. The Balaban J connectivity index is 1.54. The summed E-state index contributed by atoms with van der Waals surface area (Å²) in [7, 11) is 0. The average molecular weight is 376 g/mol. The van der Waals surface area contributed by atoms with Crippen molar-refractivity contribution in [3.63, 3.8) is 0 Å². The fourth-order valence-electron chi connectivity index (χ4n) is 4.42. The van der Waals surface area contributed by atoms with Crippen molar-refractivity contribution in [3.05, 3.63) is 11.9 Å². The molecule has 7 heteroatoms. The smallest absolute Gasteiger partial charge is 0.245 e. The first-order chi connectivity index (χ1) is 13.1. The Kier molecular flexibility index (Phi) is 6.85. The van der Waals surface area contributed by atoms with Crippen LogP contribution in [0.1, 0.15) is 89.3 Å². The summed E-state index contributed by atoms with van der Waals surface area (Å²) in [5.41, 5.74) is 1.14. The van der Waals surface area contributed by atoms with E-state index in [9.17, 15) is 9.59 Å². The number of piperidine rings is 1. The van der Waals surface area contributed by atoms with Crippen molar-refractivity contribution in [1.82, 2.24) is 25.2 Å². The summed E-state index contributed by atoms with van der Waals surface area (Å²) < 4.78 is 2.02. The van der Waals surface area contributed by atoms with E-state index >= 15 is 0 Å². The lowest BCUT2D eigenvalue weighted by molar-refractivity contribution is -0.137. The molecule has 1 atom stereocenters. The molecule has 1 aromatic rings. The van der Waals surface area contributed by atoms with Crippen molar-refractivity contribution in [2.24, 2.45) is 0 Å². The zero-order valence-corrected chi connectivity index (χ0v) is 16.7. The molecule has 2 heterocycles. The molecule has 2 aliphatic rings. The Morgan fingerprint density at radius 1 is 1.19 bits per heavy atom. The minimum Gasteiger partial charge on any atom is -0.345 e. The summed E-state index contributed by atoms with van der Waals surface area (Å²) in [4.78, 5) is 26.0. The van der Waals surface area contributed by atoms with Crippen LogP contribution >= 0.6 is 0 Å². The molecule has 150 valence electrons. The van der Waals surface area contributed by atoms with Crippen LogP contribution in [0.4, 0.5) is 0 Å². The van der Waals surface area contributed by atoms with Crippen molar-refractivity contribution in [2.75, 3.05) is 13.1 Å². The molecular formula is C20H33N5O2. The molecule has 27 heavy (non-hydrogen) atoms. The normalized spacial score (nSPS) is 20.4. The first-order valence-electron chi connectivity index (χ1n) is 10.6. The summed E-state index contributed by atoms with van der Waals surface area (Å²) in [5.74, 6) is 0.475. The summed E-state index contributed by atoms with van der Waals surface area (Å²) in [6, 6.07) is -0.0855. The maximum atomic E-state index is 12.8. The van der Waals surface area contributed by atoms with Gasteiger partial charge in [0.05, 0.1) is 11.7 Å². The molecule has 0 spiro atoms. The SMILES string of the molecule is CCC[C@@H](NC(C)=O)C(=O)N1CCC(n2cc(C3CCCCC3)nn2)CC1.